The summed E-state index contributed by atoms with van der Waals surface area (Å²) >= 11 is 2.88. The third-order valence-electron chi connectivity index (χ3n) is 1.29. The largest absolute Gasteiger partial charge is 0.463 e. The normalized spacial score (nSPS) is 11.5. The monoisotopic (exact) mass is 274 g/mol. The van der Waals surface area contributed by atoms with Gasteiger partial charge in [0, 0.05) is 10.6 Å². The zero-order chi connectivity index (χ0) is 11.8. The average Bonchev–Trinajstić information content (AvgIpc) is 2.15. The Morgan fingerprint density at radius 2 is 2.07 bits per heavy atom. The van der Waals surface area contributed by atoms with Crippen molar-refractivity contribution < 1.29 is 13.9 Å². The van der Waals surface area contributed by atoms with E-state index in [0.29, 0.717) is 12.2 Å². The van der Waals surface area contributed by atoms with Crippen LogP contribution in [0.1, 0.15) is 6.92 Å². The predicted molar refractivity (Wildman–Crippen MR) is 62.2 cm³/mol. The van der Waals surface area contributed by atoms with Crippen molar-refractivity contribution in [2.75, 3.05) is 6.61 Å². The van der Waals surface area contributed by atoms with Crippen LogP contribution in [0.2, 0.25) is 0 Å². The summed E-state index contributed by atoms with van der Waals surface area (Å²) in [5, 5.41) is 0. The van der Waals surface area contributed by atoms with Gasteiger partial charge in [-0.1, -0.05) is 13.2 Å². The van der Waals surface area contributed by atoms with E-state index in [0.717, 1.165) is 6.08 Å². The van der Waals surface area contributed by atoms with Crippen molar-refractivity contribution in [1.29, 1.82) is 0 Å². The first kappa shape index (κ1) is 13.8. The second-order valence-electron chi connectivity index (χ2n) is 2.56. The number of hydrogen-bond donors (Lipinski definition) is 0. The van der Waals surface area contributed by atoms with Gasteiger partial charge < -0.3 is 4.74 Å². The van der Waals surface area contributed by atoms with E-state index in [1.54, 1.807) is 6.92 Å². The Hall–Kier alpha value is -1.16. The van der Waals surface area contributed by atoms with Crippen LogP contribution >= 0.6 is 15.9 Å². The maximum atomic E-state index is 13.0. The van der Waals surface area contributed by atoms with Crippen molar-refractivity contribution in [3.8, 4) is 0 Å². The van der Waals surface area contributed by atoms with Crippen LogP contribution in [0, 0.1) is 0 Å². The van der Waals surface area contributed by atoms with E-state index in [2.05, 4.69) is 33.8 Å². The van der Waals surface area contributed by atoms with E-state index in [-0.39, 0.29) is 4.48 Å². The SMILES string of the molecule is C=C(/C=C/C(=O)OCC)/C=C(/F)C(=C)Br. The van der Waals surface area contributed by atoms with Crippen molar-refractivity contribution in [3.05, 3.63) is 47.3 Å². The Kier molecular flexibility index (Phi) is 6.62. The van der Waals surface area contributed by atoms with E-state index >= 15 is 0 Å². The van der Waals surface area contributed by atoms with Crippen LogP contribution in [0.25, 0.3) is 0 Å². The fraction of sp³-hybridized carbons (Fsp3) is 0.182. The zero-order valence-corrected chi connectivity index (χ0v) is 10.0. The van der Waals surface area contributed by atoms with E-state index in [9.17, 15) is 9.18 Å². The number of esters is 1. The molecule has 0 fully saturated rings. The maximum absolute atomic E-state index is 13.0. The molecule has 0 unspecified atom stereocenters. The summed E-state index contributed by atoms with van der Waals surface area (Å²) < 4.78 is 17.7. The van der Waals surface area contributed by atoms with Gasteiger partial charge in [-0.25, -0.2) is 9.18 Å². The minimum absolute atomic E-state index is 0.133. The molecule has 2 nitrogen and oxygen atoms in total. The summed E-state index contributed by atoms with van der Waals surface area (Å²) in [5.41, 5.74) is 0.348. The van der Waals surface area contributed by atoms with E-state index < -0.39 is 11.8 Å². The Balaban J connectivity index is 4.32. The first-order valence-electron chi connectivity index (χ1n) is 4.23. The Morgan fingerprint density at radius 3 is 2.53 bits per heavy atom. The van der Waals surface area contributed by atoms with Crippen LogP contribution in [0.4, 0.5) is 4.39 Å². The highest BCUT2D eigenvalue weighted by Gasteiger charge is 1.97. The third kappa shape index (κ3) is 6.85. The lowest BCUT2D eigenvalue weighted by molar-refractivity contribution is -0.137. The fourth-order valence-corrected chi connectivity index (χ4v) is 0.769. The van der Waals surface area contributed by atoms with Gasteiger partial charge in [-0.3, -0.25) is 0 Å². The molecular formula is C11H12BrFO2. The smallest absolute Gasteiger partial charge is 0.330 e. The summed E-state index contributed by atoms with van der Waals surface area (Å²) in [4.78, 5) is 10.9. The van der Waals surface area contributed by atoms with Crippen molar-refractivity contribution in [2.45, 2.75) is 6.92 Å². The minimum Gasteiger partial charge on any atom is -0.463 e. The molecule has 0 aromatic heterocycles. The van der Waals surface area contributed by atoms with Crippen LogP contribution in [0.5, 0.6) is 0 Å². The van der Waals surface area contributed by atoms with Gasteiger partial charge in [-0.2, -0.15) is 0 Å². The summed E-state index contributed by atoms with van der Waals surface area (Å²) in [7, 11) is 0. The van der Waals surface area contributed by atoms with Crippen LogP contribution in [0.3, 0.4) is 0 Å². The highest BCUT2D eigenvalue weighted by Crippen LogP contribution is 2.17. The lowest BCUT2D eigenvalue weighted by Crippen LogP contribution is -1.98. The lowest BCUT2D eigenvalue weighted by atomic mass is 10.2. The molecule has 0 aliphatic heterocycles. The molecule has 0 saturated carbocycles. The summed E-state index contributed by atoms with van der Waals surface area (Å²) in [6.07, 6.45) is 3.72. The molecular weight excluding hydrogens is 263 g/mol. The molecule has 0 aliphatic carbocycles. The molecule has 15 heavy (non-hydrogen) atoms. The Labute approximate surface area is 96.9 Å². The van der Waals surface area contributed by atoms with Gasteiger partial charge in [-0.15, -0.1) is 0 Å². The molecule has 0 radical (unpaired) electrons. The second-order valence-corrected chi connectivity index (χ2v) is 3.51. The predicted octanol–water partition coefficient (Wildman–Crippen LogP) is 3.42. The number of rotatable bonds is 5. The number of hydrogen-bond acceptors (Lipinski definition) is 2. The maximum Gasteiger partial charge on any atom is 0.330 e. The van der Waals surface area contributed by atoms with Crippen molar-refractivity contribution in [3.63, 3.8) is 0 Å². The van der Waals surface area contributed by atoms with Gasteiger partial charge in [0.1, 0.15) is 5.83 Å². The van der Waals surface area contributed by atoms with Crippen molar-refractivity contribution >= 4 is 21.9 Å². The molecule has 0 aromatic rings. The molecule has 0 bridgehead atoms. The number of carbonyl (C=O) groups is 1. The van der Waals surface area contributed by atoms with Gasteiger partial charge in [0.15, 0.2) is 0 Å². The van der Waals surface area contributed by atoms with Crippen molar-refractivity contribution in [2.24, 2.45) is 0 Å². The van der Waals surface area contributed by atoms with Crippen molar-refractivity contribution in [1.82, 2.24) is 0 Å². The number of ether oxygens (including phenoxy) is 1. The number of allylic oxidation sites excluding steroid dienone is 5. The number of carbonyl (C=O) groups excluding carboxylic acids is 1. The molecule has 0 heterocycles. The molecule has 0 rings (SSSR count). The van der Waals surface area contributed by atoms with Gasteiger partial charge >= 0.3 is 5.97 Å². The van der Waals surface area contributed by atoms with Gasteiger partial charge in [0.2, 0.25) is 0 Å². The molecule has 0 spiro atoms. The van der Waals surface area contributed by atoms with Gasteiger partial charge in [-0.05, 0) is 40.6 Å². The summed E-state index contributed by atoms with van der Waals surface area (Å²) in [5.74, 6) is -1.02. The standard InChI is InChI=1S/C11H12BrFO2/c1-4-15-11(14)6-5-8(2)7-10(13)9(3)12/h5-7H,2-4H2,1H3/b6-5+,10-7+. The van der Waals surface area contributed by atoms with Gasteiger partial charge in [0.25, 0.3) is 0 Å². The molecule has 0 aliphatic rings. The fourth-order valence-electron chi connectivity index (χ4n) is 0.655. The quantitative estimate of drug-likeness (QED) is 0.436. The Bertz CT molecular complexity index is 329. The lowest BCUT2D eigenvalue weighted by Gasteiger charge is -1.95. The zero-order valence-electron chi connectivity index (χ0n) is 8.43. The van der Waals surface area contributed by atoms with Crippen LogP contribution < -0.4 is 0 Å². The second kappa shape index (κ2) is 7.17. The average molecular weight is 275 g/mol. The molecule has 0 atom stereocenters. The molecule has 0 N–H and O–H groups in total. The third-order valence-corrected chi connectivity index (χ3v) is 1.67. The molecule has 4 heteroatoms. The number of halogens is 2. The highest BCUT2D eigenvalue weighted by molar-refractivity contribution is 9.11. The molecule has 82 valence electrons. The Morgan fingerprint density at radius 1 is 1.47 bits per heavy atom. The van der Waals surface area contributed by atoms with Crippen LogP contribution in [0.15, 0.2) is 47.3 Å². The molecule has 0 saturated heterocycles. The first-order valence-corrected chi connectivity index (χ1v) is 5.02. The first-order chi connectivity index (χ1) is 6.97. The minimum atomic E-state index is -0.534. The van der Waals surface area contributed by atoms with Gasteiger partial charge in [0.05, 0.1) is 6.61 Å². The summed E-state index contributed by atoms with van der Waals surface area (Å²) in [6.45, 7) is 8.89. The highest BCUT2D eigenvalue weighted by atomic mass is 79.9. The molecule has 0 amide bonds. The van der Waals surface area contributed by atoms with Crippen LogP contribution in [-0.4, -0.2) is 12.6 Å². The topological polar surface area (TPSA) is 26.3 Å². The molecule has 0 aromatic carbocycles. The van der Waals surface area contributed by atoms with E-state index in [4.69, 9.17) is 0 Å². The summed E-state index contributed by atoms with van der Waals surface area (Å²) in [6, 6.07) is 0. The van der Waals surface area contributed by atoms with Crippen LogP contribution in [-0.2, 0) is 9.53 Å². The van der Waals surface area contributed by atoms with E-state index in [1.165, 1.54) is 12.2 Å². The van der Waals surface area contributed by atoms with E-state index in [1.807, 2.05) is 0 Å².